The van der Waals surface area contributed by atoms with E-state index in [4.69, 9.17) is 29.9 Å². The van der Waals surface area contributed by atoms with Crippen molar-refractivity contribution in [3.8, 4) is 90.6 Å². The van der Waals surface area contributed by atoms with E-state index >= 15 is 0 Å². The average Bonchev–Trinajstić information content (AvgIpc) is 3.32. The van der Waals surface area contributed by atoms with E-state index in [1.165, 1.54) is 33.0 Å². The molecule has 296 valence electrons. The van der Waals surface area contributed by atoms with Crippen LogP contribution in [0.3, 0.4) is 0 Å². The van der Waals surface area contributed by atoms with Gasteiger partial charge in [0.2, 0.25) is 0 Å². The Morgan fingerprint density at radius 2 is 0.516 bits per heavy atom. The molecule has 0 aliphatic carbocycles. The summed E-state index contributed by atoms with van der Waals surface area (Å²) < 4.78 is 0. The molecule has 6 heteroatoms. The average molecular weight is 799 g/mol. The third-order valence-corrected chi connectivity index (χ3v) is 11.3. The number of fused-ring (bicyclic) bond motifs is 1. The molecule has 0 spiro atoms. The lowest BCUT2D eigenvalue weighted by molar-refractivity contribution is 1.07. The Kier molecular flexibility index (Phi) is 10.0. The molecule has 0 aliphatic rings. The van der Waals surface area contributed by atoms with Crippen molar-refractivity contribution < 1.29 is 0 Å². The van der Waals surface area contributed by atoms with Gasteiger partial charge in [0.05, 0.1) is 0 Å². The Bertz CT molecular complexity index is 3080. The normalized spacial score (nSPS) is 11.2. The van der Waals surface area contributed by atoms with Crippen LogP contribution in [-0.2, 0) is 0 Å². The summed E-state index contributed by atoms with van der Waals surface area (Å²) in [5.74, 6) is 3.87. The number of aromatic nitrogens is 6. The van der Waals surface area contributed by atoms with Crippen molar-refractivity contribution in [2.24, 2.45) is 0 Å². The summed E-state index contributed by atoms with van der Waals surface area (Å²) in [6.45, 7) is 8.33. The molecule has 10 rings (SSSR count). The van der Waals surface area contributed by atoms with Gasteiger partial charge in [-0.1, -0.05) is 198 Å². The maximum Gasteiger partial charge on any atom is 0.164 e. The van der Waals surface area contributed by atoms with Crippen molar-refractivity contribution in [2.75, 3.05) is 0 Å². The molecule has 8 aromatic carbocycles. The summed E-state index contributed by atoms with van der Waals surface area (Å²) in [6, 6.07) is 63.5. The molecule has 2 heterocycles. The first-order chi connectivity index (χ1) is 30.3. The van der Waals surface area contributed by atoms with E-state index in [1.54, 1.807) is 0 Å². The molecule has 10 aromatic rings. The van der Waals surface area contributed by atoms with E-state index in [1.807, 2.05) is 0 Å². The van der Waals surface area contributed by atoms with Gasteiger partial charge in [-0.2, -0.15) is 0 Å². The fraction of sp³-hybridized carbons (Fsp3) is 0.0714. The number of aryl methyl sites for hydroxylation is 4. The summed E-state index contributed by atoms with van der Waals surface area (Å²) in [4.78, 5) is 29.7. The van der Waals surface area contributed by atoms with Crippen LogP contribution in [0.5, 0.6) is 0 Å². The van der Waals surface area contributed by atoms with Gasteiger partial charge >= 0.3 is 0 Å². The SMILES string of the molecule is Cc1ccc(-c2nc(-c3ccc(C)cc3)nc(-c3ccc(-c4ccc5cccc(-c6ccc(-c7nc(-c8ccc(C)cc8)nc(-c8ccc(C)cc8)n7)cc6)c5c4)cc3)n2)cc1. The van der Waals surface area contributed by atoms with Gasteiger partial charge in [0, 0.05) is 33.4 Å². The molecule has 62 heavy (non-hydrogen) atoms. The fourth-order valence-electron chi connectivity index (χ4n) is 7.65. The Balaban J connectivity index is 0.973. The third-order valence-electron chi connectivity index (χ3n) is 11.3. The third kappa shape index (κ3) is 7.89. The second kappa shape index (κ2) is 16.2. The van der Waals surface area contributed by atoms with Crippen LogP contribution in [0.25, 0.3) is 101 Å². The number of rotatable bonds is 8. The number of hydrogen-bond acceptors (Lipinski definition) is 6. The highest BCUT2D eigenvalue weighted by Crippen LogP contribution is 2.35. The second-order valence-electron chi connectivity index (χ2n) is 16.0. The summed E-state index contributed by atoms with van der Waals surface area (Å²) >= 11 is 0. The predicted octanol–water partition coefficient (Wildman–Crippen LogP) is 13.8. The van der Waals surface area contributed by atoms with Crippen molar-refractivity contribution in [1.82, 2.24) is 29.9 Å². The minimum Gasteiger partial charge on any atom is -0.208 e. The van der Waals surface area contributed by atoms with E-state index in [2.05, 4.69) is 210 Å². The van der Waals surface area contributed by atoms with Crippen LogP contribution in [0.4, 0.5) is 0 Å². The van der Waals surface area contributed by atoms with Crippen LogP contribution in [0.1, 0.15) is 22.3 Å². The monoisotopic (exact) mass is 798 g/mol. The first-order valence-electron chi connectivity index (χ1n) is 20.8. The fourth-order valence-corrected chi connectivity index (χ4v) is 7.65. The van der Waals surface area contributed by atoms with Crippen LogP contribution >= 0.6 is 0 Å². The molecule has 0 unspecified atom stereocenters. The van der Waals surface area contributed by atoms with Gasteiger partial charge in [-0.25, -0.2) is 29.9 Å². The first-order valence-corrected chi connectivity index (χ1v) is 20.8. The van der Waals surface area contributed by atoms with Gasteiger partial charge in [0.1, 0.15) is 0 Å². The van der Waals surface area contributed by atoms with Crippen molar-refractivity contribution in [2.45, 2.75) is 27.7 Å². The molecule has 0 aliphatic heterocycles. The zero-order valence-corrected chi connectivity index (χ0v) is 35.0. The van der Waals surface area contributed by atoms with Crippen molar-refractivity contribution in [3.63, 3.8) is 0 Å². The molecule has 2 aromatic heterocycles. The van der Waals surface area contributed by atoms with Crippen molar-refractivity contribution >= 4 is 10.8 Å². The highest BCUT2D eigenvalue weighted by Gasteiger charge is 2.15. The second-order valence-corrected chi connectivity index (χ2v) is 16.0. The Morgan fingerprint density at radius 1 is 0.242 bits per heavy atom. The number of hydrogen-bond donors (Lipinski definition) is 0. The van der Waals surface area contributed by atoms with Crippen LogP contribution in [0, 0.1) is 27.7 Å². The largest absolute Gasteiger partial charge is 0.208 e. The summed E-state index contributed by atoms with van der Waals surface area (Å²) in [6.07, 6.45) is 0. The van der Waals surface area contributed by atoms with Crippen molar-refractivity contribution in [1.29, 1.82) is 0 Å². The molecule has 6 nitrogen and oxygen atoms in total. The van der Waals surface area contributed by atoms with Gasteiger partial charge in [0.15, 0.2) is 34.9 Å². The Morgan fingerprint density at radius 3 is 0.855 bits per heavy atom. The zero-order chi connectivity index (χ0) is 42.2. The number of benzene rings is 8. The highest BCUT2D eigenvalue weighted by molar-refractivity contribution is 5.99. The standard InChI is InChI=1S/C56H42N6/c1-35-8-16-42(17-9-35)51-57-52(43-18-10-36(2)11-19-43)60-55(59-51)46-29-24-39(25-30-46)48-33-28-40-6-5-7-49(50(40)34-48)41-26-31-47(32-27-41)56-61-53(44-20-12-37(3)13-21-44)58-54(62-56)45-22-14-38(4)15-23-45/h5-34H,1-4H3. The van der Waals surface area contributed by atoms with E-state index in [9.17, 15) is 0 Å². The van der Waals surface area contributed by atoms with E-state index in [0.717, 1.165) is 55.6 Å². The van der Waals surface area contributed by atoms with E-state index in [-0.39, 0.29) is 0 Å². The molecule has 0 fully saturated rings. The van der Waals surface area contributed by atoms with Gasteiger partial charge in [-0.15, -0.1) is 0 Å². The minimum absolute atomic E-state index is 0.635. The van der Waals surface area contributed by atoms with Crippen LogP contribution in [0.15, 0.2) is 182 Å². The maximum absolute atomic E-state index is 4.98. The molecule has 0 radical (unpaired) electrons. The van der Waals surface area contributed by atoms with E-state index in [0.29, 0.717) is 34.9 Å². The summed E-state index contributed by atoms with van der Waals surface area (Å²) in [5.41, 5.74) is 14.9. The molecule has 0 bridgehead atoms. The summed E-state index contributed by atoms with van der Waals surface area (Å²) in [5, 5.41) is 2.35. The Hall–Kier alpha value is -7.96. The van der Waals surface area contributed by atoms with Crippen molar-refractivity contribution in [3.05, 3.63) is 204 Å². The van der Waals surface area contributed by atoms with Crippen LogP contribution in [0.2, 0.25) is 0 Å². The minimum atomic E-state index is 0.635. The topological polar surface area (TPSA) is 77.3 Å². The Labute approximate surface area is 361 Å². The predicted molar refractivity (Wildman–Crippen MR) is 253 cm³/mol. The van der Waals surface area contributed by atoms with Gasteiger partial charge in [-0.3, -0.25) is 0 Å². The maximum atomic E-state index is 4.98. The van der Waals surface area contributed by atoms with Crippen LogP contribution < -0.4 is 0 Å². The van der Waals surface area contributed by atoms with Gasteiger partial charge < -0.3 is 0 Å². The van der Waals surface area contributed by atoms with E-state index < -0.39 is 0 Å². The lowest BCUT2D eigenvalue weighted by Gasteiger charge is -2.12. The summed E-state index contributed by atoms with van der Waals surface area (Å²) in [7, 11) is 0. The molecule has 0 atom stereocenters. The molecular formula is C56H42N6. The molecule has 0 saturated heterocycles. The van der Waals surface area contributed by atoms with Gasteiger partial charge in [0.25, 0.3) is 0 Å². The zero-order valence-electron chi connectivity index (χ0n) is 35.0. The molecule has 0 N–H and O–H groups in total. The highest BCUT2D eigenvalue weighted by atomic mass is 15.0. The quantitative estimate of drug-likeness (QED) is 0.152. The van der Waals surface area contributed by atoms with Crippen LogP contribution in [-0.4, -0.2) is 29.9 Å². The molecule has 0 saturated carbocycles. The smallest absolute Gasteiger partial charge is 0.164 e. The van der Waals surface area contributed by atoms with Gasteiger partial charge in [-0.05, 0) is 66.8 Å². The number of nitrogens with zero attached hydrogens (tertiary/aromatic N) is 6. The lowest BCUT2D eigenvalue weighted by Crippen LogP contribution is -2.00. The molecular weight excluding hydrogens is 757 g/mol. The first kappa shape index (κ1) is 38.3. The lowest BCUT2D eigenvalue weighted by atomic mass is 9.94. The molecule has 0 amide bonds.